The van der Waals surface area contributed by atoms with E-state index in [2.05, 4.69) is 36.2 Å². The predicted molar refractivity (Wildman–Crippen MR) is 58.6 cm³/mol. The number of fused-ring (bicyclic) bond motifs is 2. The van der Waals surface area contributed by atoms with E-state index < -0.39 is 0 Å². The molecule has 1 saturated heterocycles. The van der Waals surface area contributed by atoms with Crippen molar-refractivity contribution in [1.82, 2.24) is 4.90 Å². The molecule has 2 aliphatic rings. The van der Waals surface area contributed by atoms with Crippen LogP contribution in [-0.2, 0) is 11.8 Å². The molecule has 1 aliphatic heterocycles. The van der Waals surface area contributed by atoms with Gasteiger partial charge in [-0.3, -0.25) is 0 Å². The van der Waals surface area contributed by atoms with E-state index in [0.717, 1.165) is 0 Å². The second-order valence-corrected chi connectivity index (χ2v) is 4.93. The van der Waals surface area contributed by atoms with Crippen LogP contribution in [0.15, 0.2) is 24.3 Å². The SMILES string of the molecule is CN1CCC2(CCc3ccccc32)C1. The number of likely N-dealkylation sites (tertiary alicyclic amines) is 1. The van der Waals surface area contributed by atoms with Crippen molar-refractivity contribution in [3.8, 4) is 0 Å². The molecule has 0 N–H and O–H groups in total. The van der Waals surface area contributed by atoms with Gasteiger partial charge in [-0.05, 0) is 44.0 Å². The van der Waals surface area contributed by atoms with Gasteiger partial charge in [0, 0.05) is 12.0 Å². The molecule has 0 saturated carbocycles. The summed E-state index contributed by atoms with van der Waals surface area (Å²) in [7, 11) is 2.25. The second-order valence-electron chi connectivity index (χ2n) is 4.93. The molecule has 3 rings (SSSR count). The molecule has 1 fully saturated rings. The molecule has 1 aromatic carbocycles. The zero-order valence-electron chi connectivity index (χ0n) is 8.79. The molecule has 1 nitrogen and oxygen atoms in total. The number of hydrogen-bond acceptors (Lipinski definition) is 1. The van der Waals surface area contributed by atoms with Gasteiger partial charge < -0.3 is 4.90 Å². The minimum atomic E-state index is 0.519. The van der Waals surface area contributed by atoms with E-state index in [1.165, 1.54) is 32.4 Å². The Bertz CT molecular complexity index is 354. The number of aryl methyl sites for hydroxylation is 1. The number of benzene rings is 1. The Kier molecular flexibility index (Phi) is 1.72. The highest BCUT2D eigenvalue weighted by Gasteiger charge is 2.42. The molecule has 0 aromatic heterocycles. The van der Waals surface area contributed by atoms with Crippen molar-refractivity contribution >= 4 is 0 Å². The van der Waals surface area contributed by atoms with Gasteiger partial charge in [-0.15, -0.1) is 0 Å². The minimum absolute atomic E-state index is 0.519. The predicted octanol–water partition coefficient (Wildman–Crippen LogP) is 2.21. The standard InChI is InChI=1S/C13H17N/c1-14-9-8-13(10-14)7-6-11-4-2-3-5-12(11)13/h2-5H,6-10H2,1H3. The van der Waals surface area contributed by atoms with Crippen molar-refractivity contribution < 1.29 is 0 Å². The van der Waals surface area contributed by atoms with Gasteiger partial charge in [-0.1, -0.05) is 24.3 Å². The number of hydrogen-bond donors (Lipinski definition) is 0. The van der Waals surface area contributed by atoms with Crippen molar-refractivity contribution in [2.45, 2.75) is 24.7 Å². The number of rotatable bonds is 0. The molecule has 1 unspecified atom stereocenters. The molecule has 14 heavy (non-hydrogen) atoms. The van der Waals surface area contributed by atoms with Crippen molar-refractivity contribution in [2.24, 2.45) is 0 Å². The van der Waals surface area contributed by atoms with Crippen molar-refractivity contribution in [1.29, 1.82) is 0 Å². The van der Waals surface area contributed by atoms with E-state index in [1.54, 1.807) is 11.1 Å². The quantitative estimate of drug-likeness (QED) is 0.602. The Morgan fingerprint density at radius 1 is 1.21 bits per heavy atom. The van der Waals surface area contributed by atoms with Gasteiger partial charge in [0.1, 0.15) is 0 Å². The first-order valence-corrected chi connectivity index (χ1v) is 5.57. The first-order valence-electron chi connectivity index (χ1n) is 5.57. The van der Waals surface area contributed by atoms with Crippen LogP contribution in [0, 0.1) is 0 Å². The van der Waals surface area contributed by atoms with E-state index in [4.69, 9.17) is 0 Å². The van der Waals surface area contributed by atoms with Gasteiger partial charge >= 0.3 is 0 Å². The van der Waals surface area contributed by atoms with Crippen molar-refractivity contribution in [3.05, 3.63) is 35.4 Å². The molecule has 1 aromatic rings. The highest BCUT2D eigenvalue weighted by atomic mass is 15.1. The lowest BCUT2D eigenvalue weighted by atomic mass is 9.81. The third-order valence-electron chi connectivity index (χ3n) is 4.01. The van der Waals surface area contributed by atoms with Gasteiger partial charge in [0.25, 0.3) is 0 Å². The summed E-state index contributed by atoms with van der Waals surface area (Å²) < 4.78 is 0. The maximum absolute atomic E-state index is 2.47. The monoisotopic (exact) mass is 187 g/mol. The van der Waals surface area contributed by atoms with E-state index in [9.17, 15) is 0 Å². The van der Waals surface area contributed by atoms with Gasteiger partial charge in [-0.25, -0.2) is 0 Å². The Labute approximate surface area is 85.7 Å². The average molecular weight is 187 g/mol. The maximum atomic E-state index is 2.47. The lowest BCUT2D eigenvalue weighted by Gasteiger charge is -2.24. The zero-order chi connectivity index (χ0) is 9.60. The van der Waals surface area contributed by atoms with Crippen LogP contribution >= 0.6 is 0 Å². The van der Waals surface area contributed by atoms with E-state index >= 15 is 0 Å². The Balaban J connectivity index is 2.05. The summed E-state index contributed by atoms with van der Waals surface area (Å²) in [5, 5.41) is 0. The highest BCUT2D eigenvalue weighted by molar-refractivity contribution is 5.40. The third kappa shape index (κ3) is 1.05. The fraction of sp³-hybridized carbons (Fsp3) is 0.538. The maximum Gasteiger partial charge on any atom is 0.00982 e. The summed E-state index contributed by atoms with van der Waals surface area (Å²) in [5.41, 5.74) is 3.76. The van der Waals surface area contributed by atoms with E-state index in [-0.39, 0.29) is 0 Å². The van der Waals surface area contributed by atoms with Crippen molar-refractivity contribution in [2.75, 3.05) is 20.1 Å². The fourth-order valence-electron chi connectivity index (χ4n) is 3.27. The number of nitrogens with zero attached hydrogens (tertiary/aromatic N) is 1. The molecular weight excluding hydrogens is 170 g/mol. The molecule has 0 bridgehead atoms. The topological polar surface area (TPSA) is 3.24 Å². The molecule has 1 aliphatic carbocycles. The molecule has 0 radical (unpaired) electrons. The zero-order valence-corrected chi connectivity index (χ0v) is 8.79. The summed E-state index contributed by atoms with van der Waals surface area (Å²) in [5.74, 6) is 0. The van der Waals surface area contributed by atoms with Crippen LogP contribution in [0.1, 0.15) is 24.0 Å². The normalized spacial score (nSPS) is 31.2. The van der Waals surface area contributed by atoms with Gasteiger partial charge in [0.2, 0.25) is 0 Å². The van der Waals surface area contributed by atoms with Crippen LogP contribution in [0.25, 0.3) is 0 Å². The molecule has 1 heteroatoms. The molecule has 74 valence electrons. The summed E-state index contributed by atoms with van der Waals surface area (Å²) in [4.78, 5) is 2.47. The van der Waals surface area contributed by atoms with Gasteiger partial charge in [0.15, 0.2) is 0 Å². The Morgan fingerprint density at radius 2 is 2.07 bits per heavy atom. The van der Waals surface area contributed by atoms with Crippen molar-refractivity contribution in [3.63, 3.8) is 0 Å². The Hall–Kier alpha value is -0.820. The summed E-state index contributed by atoms with van der Waals surface area (Å²) in [6, 6.07) is 9.03. The first kappa shape index (κ1) is 8.49. The minimum Gasteiger partial charge on any atom is -0.305 e. The molecule has 0 amide bonds. The van der Waals surface area contributed by atoms with Crippen LogP contribution < -0.4 is 0 Å². The number of likely N-dealkylation sites (N-methyl/N-ethyl adjacent to an activating group) is 1. The lowest BCUT2D eigenvalue weighted by Crippen LogP contribution is -2.26. The largest absolute Gasteiger partial charge is 0.305 e. The third-order valence-corrected chi connectivity index (χ3v) is 4.01. The smallest absolute Gasteiger partial charge is 0.00982 e. The Morgan fingerprint density at radius 3 is 2.86 bits per heavy atom. The summed E-state index contributed by atoms with van der Waals surface area (Å²) in [6.07, 6.45) is 4.03. The van der Waals surface area contributed by atoms with Crippen LogP contribution in [0.4, 0.5) is 0 Å². The molecule has 1 atom stereocenters. The lowest BCUT2D eigenvalue weighted by molar-refractivity contribution is 0.366. The highest BCUT2D eigenvalue weighted by Crippen LogP contribution is 2.44. The van der Waals surface area contributed by atoms with Crippen LogP contribution in [0.3, 0.4) is 0 Å². The fourth-order valence-corrected chi connectivity index (χ4v) is 3.27. The van der Waals surface area contributed by atoms with Crippen LogP contribution in [0.5, 0.6) is 0 Å². The summed E-state index contributed by atoms with van der Waals surface area (Å²) in [6.45, 7) is 2.54. The van der Waals surface area contributed by atoms with E-state index in [0.29, 0.717) is 5.41 Å². The molecular formula is C13H17N. The molecule has 1 spiro atoms. The second kappa shape index (κ2) is 2.83. The van der Waals surface area contributed by atoms with E-state index in [1.807, 2.05) is 0 Å². The first-order chi connectivity index (χ1) is 6.80. The van der Waals surface area contributed by atoms with Gasteiger partial charge in [-0.2, -0.15) is 0 Å². The van der Waals surface area contributed by atoms with Crippen LogP contribution in [0.2, 0.25) is 0 Å². The van der Waals surface area contributed by atoms with Gasteiger partial charge in [0.05, 0.1) is 0 Å². The summed E-state index contributed by atoms with van der Waals surface area (Å²) >= 11 is 0. The van der Waals surface area contributed by atoms with Crippen LogP contribution in [-0.4, -0.2) is 25.0 Å². The molecule has 1 heterocycles. The average Bonchev–Trinajstić information content (AvgIpc) is 2.75.